The van der Waals surface area contributed by atoms with Crippen LogP contribution in [0.2, 0.25) is 5.02 Å². The summed E-state index contributed by atoms with van der Waals surface area (Å²) in [6.07, 6.45) is -1.65. The Hall–Kier alpha value is -4.57. The Bertz CT molecular complexity index is 1570. The molecule has 0 spiro atoms. The number of hydrogen-bond acceptors (Lipinski definition) is 7. The quantitative estimate of drug-likeness (QED) is 0.180. The Balaban J connectivity index is 1.89. The number of amides is 3. The van der Waals surface area contributed by atoms with E-state index in [1.54, 1.807) is 58.9 Å². The van der Waals surface area contributed by atoms with Crippen LogP contribution in [-0.4, -0.2) is 58.8 Å². The van der Waals surface area contributed by atoms with Gasteiger partial charge in [-0.05, 0) is 71.2 Å². The van der Waals surface area contributed by atoms with E-state index in [1.165, 1.54) is 11.8 Å². The molecule has 0 saturated carbocycles. The molecule has 0 aliphatic carbocycles. The molecule has 3 aromatic rings. The Morgan fingerprint density at radius 1 is 0.837 bits per heavy atom. The standard InChI is InChI=1S/C38H48ClN3O7/c1-25-18-20-28(21-19-25)23-47-36(46)48-24-38(7,8)41-33(43)32(26(2)29-14-10-9-11-15-29)42(22-30-16-12-13-17-31(30)39)34(44)27(3)40-35(45)49-37(4,5)6/h9-21,26-27,32H,22-24H2,1-8H3,(H,40,45)(H,41,43). The van der Waals surface area contributed by atoms with E-state index in [1.807, 2.05) is 68.4 Å². The molecule has 2 N–H and O–H groups in total. The number of carbonyl (C=O) groups is 4. The smallest absolute Gasteiger partial charge is 0.444 e. The maximum atomic E-state index is 14.4. The number of aryl methyl sites for hydroxylation is 1. The van der Waals surface area contributed by atoms with E-state index in [9.17, 15) is 19.2 Å². The summed E-state index contributed by atoms with van der Waals surface area (Å²) in [4.78, 5) is 55.2. The maximum Gasteiger partial charge on any atom is 0.508 e. The van der Waals surface area contributed by atoms with Crippen molar-refractivity contribution >= 4 is 35.7 Å². The molecular formula is C38H48ClN3O7. The van der Waals surface area contributed by atoms with Crippen LogP contribution in [0.15, 0.2) is 78.9 Å². The first-order valence-electron chi connectivity index (χ1n) is 16.2. The number of carbonyl (C=O) groups excluding carboxylic acids is 4. The van der Waals surface area contributed by atoms with Crippen molar-refractivity contribution in [2.24, 2.45) is 0 Å². The van der Waals surface area contributed by atoms with Gasteiger partial charge >= 0.3 is 12.2 Å². The minimum atomic E-state index is -1.08. The average molecular weight is 694 g/mol. The van der Waals surface area contributed by atoms with Gasteiger partial charge in [0.1, 0.15) is 30.9 Å². The summed E-state index contributed by atoms with van der Waals surface area (Å²) in [5, 5.41) is 6.00. The van der Waals surface area contributed by atoms with E-state index in [0.717, 1.165) is 16.7 Å². The fraction of sp³-hybridized carbons (Fsp3) is 0.421. The van der Waals surface area contributed by atoms with Crippen LogP contribution in [0.5, 0.6) is 0 Å². The van der Waals surface area contributed by atoms with E-state index in [-0.39, 0.29) is 19.8 Å². The number of benzene rings is 3. The van der Waals surface area contributed by atoms with Crippen molar-refractivity contribution in [2.75, 3.05) is 6.61 Å². The predicted octanol–water partition coefficient (Wildman–Crippen LogP) is 7.31. The highest BCUT2D eigenvalue weighted by Gasteiger charge is 2.40. The Morgan fingerprint density at radius 3 is 2.06 bits per heavy atom. The molecule has 0 fully saturated rings. The molecule has 0 aliphatic heterocycles. The summed E-state index contributed by atoms with van der Waals surface area (Å²) in [6.45, 7) is 13.7. The van der Waals surface area contributed by atoms with Crippen molar-refractivity contribution in [3.05, 3.63) is 106 Å². The van der Waals surface area contributed by atoms with Gasteiger partial charge in [-0.2, -0.15) is 0 Å². The molecule has 10 nitrogen and oxygen atoms in total. The fourth-order valence-electron chi connectivity index (χ4n) is 5.05. The second-order valence-corrected chi connectivity index (χ2v) is 14.2. The molecule has 0 aliphatic rings. The molecule has 0 radical (unpaired) electrons. The van der Waals surface area contributed by atoms with Crippen molar-refractivity contribution in [3.63, 3.8) is 0 Å². The number of halogens is 1. The zero-order chi connectivity index (χ0) is 36.4. The second kappa shape index (κ2) is 17.2. The van der Waals surface area contributed by atoms with Crippen molar-refractivity contribution in [3.8, 4) is 0 Å². The van der Waals surface area contributed by atoms with Gasteiger partial charge in [-0.25, -0.2) is 9.59 Å². The molecule has 3 atom stereocenters. The number of alkyl carbamates (subject to hydrolysis) is 1. The fourth-order valence-corrected chi connectivity index (χ4v) is 5.24. The Morgan fingerprint density at radius 2 is 1.45 bits per heavy atom. The largest absolute Gasteiger partial charge is 0.508 e. The molecular weight excluding hydrogens is 646 g/mol. The first-order valence-corrected chi connectivity index (χ1v) is 16.6. The molecule has 11 heteroatoms. The van der Waals surface area contributed by atoms with Gasteiger partial charge in [0.15, 0.2) is 0 Å². The Kier molecular flexibility index (Phi) is 13.6. The predicted molar refractivity (Wildman–Crippen MR) is 189 cm³/mol. The first-order chi connectivity index (χ1) is 23.0. The van der Waals surface area contributed by atoms with E-state index < -0.39 is 53.2 Å². The Labute approximate surface area is 294 Å². The molecule has 3 unspecified atom stereocenters. The number of rotatable bonds is 13. The van der Waals surface area contributed by atoms with E-state index in [2.05, 4.69) is 10.6 Å². The average Bonchev–Trinajstić information content (AvgIpc) is 3.03. The zero-order valence-corrected chi connectivity index (χ0v) is 30.3. The number of nitrogens with one attached hydrogen (secondary N) is 2. The lowest BCUT2D eigenvalue weighted by molar-refractivity contribution is -0.144. The second-order valence-electron chi connectivity index (χ2n) is 13.8. The lowest BCUT2D eigenvalue weighted by Crippen LogP contribution is -2.60. The topological polar surface area (TPSA) is 123 Å². The van der Waals surface area contributed by atoms with Crippen LogP contribution in [0.25, 0.3) is 0 Å². The summed E-state index contributed by atoms with van der Waals surface area (Å²) in [6, 6.07) is 21.8. The van der Waals surface area contributed by atoms with Crippen LogP contribution < -0.4 is 10.6 Å². The van der Waals surface area contributed by atoms with Crippen LogP contribution in [0.1, 0.15) is 76.6 Å². The van der Waals surface area contributed by atoms with E-state index in [0.29, 0.717) is 10.6 Å². The molecule has 3 aromatic carbocycles. The van der Waals surface area contributed by atoms with Crippen LogP contribution >= 0.6 is 11.6 Å². The number of nitrogens with zero attached hydrogens (tertiary/aromatic N) is 1. The van der Waals surface area contributed by atoms with E-state index >= 15 is 0 Å². The van der Waals surface area contributed by atoms with Gasteiger partial charge in [-0.1, -0.05) is 96.9 Å². The third-order valence-corrected chi connectivity index (χ3v) is 7.95. The van der Waals surface area contributed by atoms with Crippen LogP contribution in [-0.2, 0) is 37.0 Å². The minimum absolute atomic E-state index is 0.0314. The van der Waals surface area contributed by atoms with Crippen LogP contribution in [0, 0.1) is 6.92 Å². The van der Waals surface area contributed by atoms with Gasteiger partial charge in [0, 0.05) is 17.5 Å². The molecule has 49 heavy (non-hydrogen) atoms. The van der Waals surface area contributed by atoms with Gasteiger partial charge in [0.25, 0.3) is 0 Å². The summed E-state index contributed by atoms with van der Waals surface area (Å²) in [7, 11) is 0. The third kappa shape index (κ3) is 12.4. The molecule has 3 rings (SSSR count). The van der Waals surface area contributed by atoms with Crippen LogP contribution in [0.4, 0.5) is 9.59 Å². The highest BCUT2D eigenvalue weighted by atomic mass is 35.5. The van der Waals surface area contributed by atoms with Gasteiger partial charge in [0.2, 0.25) is 11.8 Å². The van der Waals surface area contributed by atoms with Gasteiger partial charge in [-0.15, -0.1) is 0 Å². The summed E-state index contributed by atoms with van der Waals surface area (Å²) in [5.41, 5.74) is 1.47. The molecule has 0 bridgehead atoms. The molecule has 0 aromatic heterocycles. The van der Waals surface area contributed by atoms with Gasteiger partial charge in [-0.3, -0.25) is 9.59 Å². The first kappa shape index (κ1) is 38.9. The summed E-state index contributed by atoms with van der Waals surface area (Å²) in [5.74, 6) is -1.54. The molecule has 264 valence electrons. The minimum Gasteiger partial charge on any atom is -0.444 e. The lowest BCUT2D eigenvalue weighted by atomic mass is 9.89. The summed E-state index contributed by atoms with van der Waals surface area (Å²) >= 11 is 6.55. The summed E-state index contributed by atoms with van der Waals surface area (Å²) < 4.78 is 16.0. The highest BCUT2D eigenvalue weighted by molar-refractivity contribution is 6.31. The molecule has 0 heterocycles. The SMILES string of the molecule is Cc1ccc(COC(=O)OCC(C)(C)NC(=O)C(C(C)c2ccccc2)N(Cc2ccccc2Cl)C(=O)C(C)NC(=O)OC(C)(C)C)cc1. The number of hydrogen-bond donors (Lipinski definition) is 2. The van der Waals surface area contributed by atoms with E-state index in [4.69, 9.17) is 25.8 Å². The van der Waals surface area contributed by atoms with Gasteiger partial charge < -0.3 is 29.7 Å². The zero-order valence-electron chi connectivity index (χ0n) is 29.5. The monoisotopic (exact) mass is 693 g/mol. The van der Waals surface area contributed by atoms with Crippen molar-refractivity contribution < 1.29 is 33.4 Å². The maximum absolute atomic E-state index is 14.4. The third-order valence-electron chi connectivity index (χ3n) is 7.58. The lowest BCUT2D eigenvalue weighted by Gasteiger charge is -2.38. The molecule has 0 saturated heterocycles. The van der Waals surface area contributed by atoms with Gasteiger partial charge in [0.05, 0.1) is 5.54 Å². The number of ether oxygens (including phenoxy) is 3. The van der Waals surface area contributed by atoms with Crippen molar-refractivity contribution in [1.82, 2.24) is 15.5 Å². The molecule has 3 amide bonds. The highest BCUT2D eigenvalue weighted by Crippen LogP contribution is 2.28. The van der Waals surface area contributed by atoms with Crippen molar-refractivity contribution in [1.29, 1.82) is 0 Å². The van der Waals surface area contributed by atoms with Crippen molar-refractivity contribution in [2.45, 2.75) is 97.7 Å². The van der Waals surface area contributed by atoms with Crippen LogP contribution in [0.3, 0.4) is 0 Å². The normalized spacial score (nSPS) is 13.3.